The molecule has 3 rings (SSSR count). The van der Waals surface area contributed by atoms with E-state index >= 15 is 0 Å². The van der Waals surface area contributed by atoms with E-state index in [0.717, 1.165) is 30.5 Å². The minimum Gasteiger partial charge on any atom is -0.359 e. The number of hydrogen-bond acceptors (Lipinski definition) is 2. The first-order valence-corrected chi connectivity index (χ1v) is 8.55. The predicted molar refractivity (Wildman–Crippen MR) is 90.3 cm³/mol. The maximum absolute atomic E-state index is 12.9. The van der Waals surface area contributed by atoms with Crippen molar-refractivity contribution < 1.29 is 9.59 Å². The molecular formula is C19H26N2O2. The third kappa shape index (κ3) is 2.75. The summed E-state index contributed by atoms with van der Waals surface area (Å²) in [6, 6.07) is 5.87. The summed E-state index contributed by atoms with van der Waals surface area (Å²) in [5.41, 5.74) is 3.06. The van der Waals surface area contributed by atoms with E-state index in [4.69, 9.17) is 0 Å². The molecule has 4 nitrogen and oxygen atoms in total. The Morgan fingerprint density at radius 1 is 1.17 bits per heavy atom. The highest BCUT2D eigenvalue weighted by molar-refractivity contribution is 5.95. The van der Waals surface area contributed by atoms with Crippen LogP contribution in [0.4, 0.5) is 0 Å². The Kier molecular flexibility index (Phi) is 4.17. The van der Waals surface area contributed by atoms with Gasteiger partial charge in [-0.2, -0.15) is 0 Å². The topological polar surface area (TPSA) is 49.4 Å². The molecule has 1 aliphatic heterocycles. The molecule has 0 aromatic heterocycles. The van der Waals surface area contributed by atoms with Gasteiger partial charge in [0, 0.05) is 31.1 Å². The van der Waals surface area contributed by atoms with Crippen LogP contribution in [0.5, 0.6) is 0 Å². The Hall–Kier alpha value is -1.84. The van der Waals surface area contributed by atoms with Crippen molar-refractivity contribution in [2.45, 2.75) is 39.5 Å². The lowest BCUT2D eigenvalue weighted by Crippen LogP contribution is -2.38. The molecule has 1 atom stereocenters. The van der Waals surface area contributed by atoms with Gasteiger partial charge in [0.05, 0.1) is 5.92 Å². The minimum absolute atomic E-state index is 0.00447. The Morgan fingerprint density at radius 2 is 1.87 bits per heavy atom. The second-order valence-electron chi connectivity index (χ2n) is 7.22. The van der Waals surface area contributed by atoms with E-state index in [2.05, 4.69) is 12.2 Å². The minimum atomic E-state index is -0.0644. The molecule has 1 saturated carbocycles. The third-order valence-electron chi connectivity index (χ3n) is 5.85. The van der Waals surface area contributed by atoms with Gasteiger partial charge in [0.25, 0.3) is 5.91 Å². The van der Waals surface area contributed by atoms with Gasteiger partial charge in [0.15, 0.2) is 0 Å². The molecule has 1 aromatic rings. The zero-order valence-corrected chi connectivity index (χ0v) is 14.3. The van der Waals surface area contributed by atoms with E-state index in [0.29, 0.717) is 6.54 Å². The van der Waals surface area contributed by atoms with Crippen molar-refractivity contribution in [3.8, 4) is 0 Å². The second kappa shape index (κ2) is 5.99. The molecule has 1 aromatic carbocycles. The van der Waals surface area contributed by atoms with Crippen LogP contribution in [0.15, 0.2) is 18.2 Å². The molecule has 1 N–H and O–H groups in total. The van der Waals surface area contributed by atoms with Gasteiger partial charge in [-0.15, -0.1) is 0 Å². The molecule has 2 aliphatic rings. The Balaban J connectivity index is 1.85. The molecule has 1 aliphatic carbocycles. The molecular weight excluding hydrogens is 288 g/mol. The lowest BCUT2D eigenvalue weighted by Gasteiger charge is -2.28. The number of likely N-dealkylation sites (tertiary alicyclic amines) is 1. The van der Waals surface area contributed by atoms with Crippen LogP contribution in [-0.4, -0.2) is 36.9 Å². The molecule has 1 unspecified atom stereocenters. The monoisotopic (exact) mass is 314 g/mol. The highest BCUT2D eigenvalue weighted by Crippen LogP contribution is 2.49. The number of carbonyl (C=O) groups excluding carboxylic acids is 2. The van der Waals surface area contributed by atoms with Gasteiger partial charge in [-0.1, -0.05) is 18.9 Å². The van der Waals surface area contributed by atoms with Crippen LogP contribution < -0.4 is 5.32 Å². The molecule has 0 radical (unpaired) electrons. The van der Waals surface area contributed by atoms with Crippen LogP contribution in [0.25, 0.3) is 0 Å². The normalized spacial score (nSPS) is 22.6. The largest absolute Gasteiger partial charge is 0.359 e. The van der Waals surface area contributed by atoms with Crippen LogP contribution >= 0.6 is 0 Å². The molecule has 2 fully saturated rings. The number of aryl methyl sites for hydroxylation is 2. The molecule has 0 bridgehead atoms. The smallest absolute Gasteiger partial charge is 0.253 e. The van der Waals surface area contributed by atoms with E-state index in [1.807, 2.05) is 30.0 Å². The Bertz CT molecular complexity index is 632. The highest BCUT2D eigenvalue weighted by Gasteiger charge is 2.52. The first-order chi connectivity index (χ1) is 11.0. The van der Waals surface area contributed by atoms with Gasteiger partial charge < -0.3 is 10.2 Å². The first-order valence-electron chi connectivity index (χ1n) is 8.55. The van der Waals surface area contributed by atoms with Crippen molar-refractivity contribution in [3.05, 3.63) is 34.9 Å². The number of amides is 2. The molecule has 1 saturated heterocycles. The van der Waals surface area contributed by atoms with Gasteiger partial charge in [-0.05, 0) is 49.9 Å². The second-order valence-corrected chi connectivity index (χ2v) is 7.22. The molecule has 2 amide bonds. The van der Waals surface area contributed by atoms with Crippen LogP contribution in [-0.2, 0) is 4.79 Å². The van der Waals surface area contributed by atoms with Gasteiger partial charge >= 0.3 is 0 Å². The molecule has 1 heterocycles. The average Bonchev–Trinajstić information content (AvgIpc) is 3.17. The zero-order valence-electron chi connectivity index (χ0n) is 14.3. The highest BCUT2D eigenvalue weighted by atomic mass is 16.2. The maximum atomic E-state index is 12.9. The quantitative estimate of drug-likeness (QED) is 0.912. The number of nitrogens with one attached hydrogen (secondary N) is 1. The first kappa shape index (κ1) is 16.0. The van der Waals surface area contributed by atoms with Crippen molar-refractivity contribution in [3.63, 3.8) is 0 Å². The zero-order chi connectivity index (χ0) is 16.6. The van der Waals surface area contributed by atoms with E-state index in [9.17, 15) is 9.59 Å². The van der Waals surface area contributed by atoms with Crippen LogP contribution in [0.3, 0.4) is 0 Å². The summed E-state index contributed by atoms with van der Waals surface area (Å²) in [6.45, 7) is 5.35. The number of benzene rings is 1. The number of carbonyl (C=O) groups is 2. The van der Waals surface area contributed by atoms with E-state index in [1.54, 1.807) is 7.05 Å². The number of nitrogens with zero attached hydrogens (tertiary/aromatic N) is 1. The van der Waals surface area contributed by atoms with E-state index in [-0.39, 0.29) is 23.1 Å². The SMILES string of the molecule is CNC(=O)C1CN(C(=O)c2ccc(C)c(C)c2)CC12CCCC2. The molecule has 4 heteroatoms. The third-order valence-corrected chi connectivity index (χ3v) is 5.85. The molecule has 23 heavy (non-hydrogen) atoms. The summed E-state index contributed by atoms with van der Waals surface area (Å²) in [6.07, 6.45) is 4.45. The van der Waals surface area contributed by atoms with Crippen molar-refractivity contribution in [1.29, 1.82) is 0 Å². The average molecular weight is 314 g/mol. The fraction of sp³-hybridized carbons (Fsp3) is 0.579. The summed E-state index contributed by atoms with van der Waals surface area (Å²) in [5.74, 6) is 0.0820. The standard InChI is InChI=1S/C19H26N2O2/c1-13-6-7-15(10-14(13)2)18(23)21-11-16(17(22)20-3)19(12-21)8-4-5-9-19/h6-7,10,16H,4-5,8-9,11-12H2,1-3H3,(H,20,22). The van der Waals surface area contributed by atoms with E-state index < -0.39 is 0 Å². The Morgan fingerprint density at radius 3 is 2.48 bits per heavy atom. The summed E-state index contributed by atoms with van der Waals surface area (Å²) >= 11 is 0. The number of rotatable bonds is 2. The van der Waals surface area contributed by atoms with Gasteiger partial charge in [0.2, 0.25) is 5.91 Å². The van der Waals surface area contributed by atoms with Crippen molar-refractivity contribution in [2.75, 3.05) is 20.1 Å². The fourth-order valence-electron chi connectivity index (χ4n) is 4.30. The van der Waals surface area contributed by atoms with Crippen LogP contribution in [0, 0.1) is 25.2 Å². The predicted octanol–water partition coefficient (Wildman–Crippen LogP) is 2.68. The Labute approximate surface area is 138 Å². The van der Waals surface area contributed by atoms with Gasteiger partial charge in [0.1, 0.15) is 0 Å². The number of hydrogen-bond donors (Lipinski definition) is 1. The van der Waals surface area contributed by atoms with Crippen LogP contribution in [0.2, 0.25) is 0 Å². The lowest BCUT2D eigenvalue weighted by molar-refractivity contribution is -0.127. The summed E-state index contributed by atoms with van der Waals surface area (Å²) in [4.78, 5) is 27.1. The molecule has 124 valence electrons. The fourth-order valence-corrected chi connectivity index (χ4v) is 4.30. The molecule has 1 spiro atoms. The van der Waals surface area contributed by atoms with Crippen molar-refractivity contribution in [2.24, 2.45) is 11.3 Å². The van der Waals surface area contributed by atoms with Crippen molar-refractivity contribution >= 4 is 11.8 Å². The van der Waals surface area contributed by atoms with E-state index in [1.165, 1.54) is 18.4 Å². The van der Waals surface area contributed by atoms with Crippen molar-refractivity contribution in [1.82, 2.24) is 10.2 Å². The van der Waals surface area contributed by atoms with Gasteiger partial charge in [-0.25, -0.2) is 0 Å². The van der Waals surface area contributed by atoms with Crippen LogP contribution in [0.1, 0.15) is 47.2 Å². The lowest BCUT2D eigenvalue weighted by atomic mass is 9.76. The maximum Gasteiger partial charge on any atom is 0.253 e. The summed E-state index contributed by atoms with van der Waals surface area (Å²) in [7, 11) is 1.69. The van der Waals surface area contributed by atoms with Gasteiger partial charge in [-0.3, -0.25) is 9.59 Å². The summed E-state index contributed by atoms with van der Waals surface area (Å²) in [5, 5.41) is 2.80. The summed E-state index contributed by atoms with van der Waals surface area (Å²) < 4.78 is 0.